The summed E-state index contributed by atoms with van der Waals surface area (Å²) >= 11 is 5.90. The van der Waals surface area contributed by atoms with E-state index in [9.17, 15) is 9.18 Å². The van der Waals surface area contributed by atoms with Gasteiger partial charge in [-0.25, -0.2) is 4.39 Å². The van der Waals surface area contributed by atoms with Crippen LogP contribution in [0, 0.1) is 19.7 Å². The summed E-state index contributed by atoms with van der Waals surface area (Å²) in [5.41, 5.74) is 1.62. The molecule has 0 spiro atoms. The van der Waals surface area contributed by atoms with Crippen molar-refractivity contribution in [2.24, 2.45) is 0 Å². The average molecular weight is 341 g/mol. The van der Waals surface area contributed by atoms with Crippen molar-refractivity contribution in [3.05, 3.63) is 46.1 Å². The van der Waals surface area contributed by atoms with Crippen molar-refractivity contribution < 1.29 is 18.4 Å². The lowest BCUT2D eigenvalue weighted by Crippen LogP contribution is -2.37. The number of ether oxygens (including phenoxy) is 1. The Hall–Kier alpha value is -2.08. The first-order valence-electron chi connectivity index (χ1n) is 7.08. The van der Waals surface area contributed by atoms with E-state index in [-0.39, 0.29) is 16.7 Å². The van der Waals surface area contributed by atoms with Crippen molar-refractivity contribution in [1.82, 2.24) is 10.1 Å². The number of carbonyl (C=O) groups excluding carboxylic acids is 1. The molecule has 1 amide bonds. The van der Waals surface area contributed by atoms with Crippen molar-refractivity contribution in [3.63, 3.8) is 0 Å². The van der Waals surface area contributed by atoms with E-state index in [0.717, 1.165) is 17.3 Å². The SMILES string of the molecule is Cc1noc(C)c1CN(C)C(=O)[C@H](C)Oc1ccc(F)cc1Cl. The van der Waals surface area contributed by atoms with Crippen LogP contribution in [0.5, 0.6) is 5.75 Å². The zero-order chi connectivity index (χ0) is 17.1. The largest absolute Gasteiger partial charge is 0.479 e. The standard InChI is InChI=1S/C16H18ClFN2O3/c1-9-13(10(2)23-19-9)8-20(4)16(21)11(3)22-15-6-5-12(18)7-14(15)17/h5-7,11H,8H2,1-4H3/t11-/m0/s1. The van der Waals surface area contributed by atoms with Crippen molar-refractivity contribution in [3.8, 4) is 5.75 Å². The molecule has 7 heteroatoms. The number of likely N-dealkylation sites (N-methyl/N-ethyl adjacent to an activating group) is 1. The smallest absolute Gasteiger partial charge is 0.263 e. The highest BCUT2D eigenvalue weighted by atomic mass is 35.5. The first-order valence-corrected chi connectivity index (χ1v) is 7.45. The number of aromatic nitrogens is 1. The Bertz CT molecular complexity index is 698. The summed E-state index contributed by atoms with van der Waals surface area (Å²) in [5.74, 6) is 0.249. The van der Waals surface area contributed by atoms with Gasteiger partial charge >= 0.3 is 0 Å². The molecule has 1 aromatic carbocycles. The number of benzene rings is 1. The Balaban J connectivity index is 2.04. The van der Waals surface area contributed by atoms with Crippen LogP contribution in [-0.2, 0) is 11.3 Å². The summed E-state index contributed by atoms with van der Waals surface area (Å²) in [4.78, 5) is 13.9. The molecule has 0 bridgehead atoms. The molecule has 0 aliphatic carbocycles. The maximum Gasteiger partial charge on any atom is 0.263 e. The van der Waals surface area contributed by atoms with E-state index < -0.39 is 11.9 Å². The van der Waals surface area contributed by atoms with Crippen molar-refractivity contribution >= 4 is 17.5 Å². The van der Waals surface area contributed by atoms with Crippen LogP contribution in [0.4, 0.5) is 4.39 Å². The highest BCUT2D eigenvalue weighted by Crippen LogP contribution is 2.26. The Kier molecular flexibility index (Phi) is 5.26. The number of rotatable bonds is 5. The second-order valence-corrected chi connectivity index (χ2v) is 5.74. The first-order chi connectivity index (χ1) is 10.8. The van der Waals surface area contributed by atoms with Gasteiger partial charge in [0.1, 0.15) is 17.3 Å². The highest BCUT2D eigenvalue weighted by molar-refractivity contribution is 6.32. The van der Waals surface area contributed by atoms with Gasteiger partial charge in [0.15, 0.2) is 6.10 Å². The number of carbonyl (C=O) groups is 1. The van der Waals surface area contributed by atoms with E-state index >= 15 is 0 Å². The van der Waals surface area contributed by atoms with Gasteiger partial charge in [-0.05, 0) is 39.0 Å². The minimum atomic E-state index is -0.761. The number of halogens is 2. The van der Waals surface area contributed by atoms with E-state index in [0.29, 0.717) is 12.3 Å². The number of amides is 1. The van der Waals surface area contributed by atoms with Crippen LogP contribution >= 0.6 is 11.6 Å². The third-order valence-electron chi connectivity index (χ3n) is 3.50. The van der Waals surface area contributed by atoms with Gasteiger partial charge in [-0.15, -0.1) is 0 Å². The summed E-state index contributed by atoms with van der Waals surface area (Å²) < 4.78 is 23.6. The van der Waals surface area contributed by atoms with Gasteiger partial charge in [-0.2, -0.15) is 0 Å². The molecule has 0 saturated carbocycles. The fourth-order valence-electron chi connectivity index (χ4n) is 2.16. The molecule has 1 atom stereocenters. The van der Waals surface area contributed by atoms with Crippen LogP contribution < -0.4 is 4.74 Å². The molecule has 0 aliphatic rings. The third-order valence-corrected chi connectivity index (χ3v) is 3.79. The van der Waals surface area contributed by atoms with Gasteiger partial charge in [-0.1, -0.05) is 16.8 Å². The summed E-state index contributed by atoms with van der Waals surface area (Å²) in [6.07, 6.45) is -0.761. The van der Waals surface area contributed by atoms with Crippen molar-refractivity contribution in [1.29, 1.82) is 0 Å². The van der Waals surface area contributed by atoms with E-state index in [1.807, 2.05) is 6.92 Å². The van der Waals surface area contributed by atoms with Gasteiger partial charge < -0.3 is 14.2 Å². The summed E-state index contributed by atoms with van der Waals surface area (Å²) in [7, 11) is 1.67. The molecule has 0 aliphatic heterocycles. The van der Waals surface area contributed by atoms with Gasteiger partial charge in [0.05, 0.1) is 17.3 Å². The van der Waals surface area contributed by atoms with Crippen LogP contribution in [0.1, 0.15) is 23.9 Å². The summed E-state index contributed by atoms with van der Waals surface area (Å²) in [5, 5.41) is 3.99. The van der Waals surface area contributed by atoms with E-state index in [1.165, 1.54) is 17.0 Å². The number of hydrogen-bond donors (Lipinski definition) is 0. The lowest BCUT2D eigenvalue weighted by Gasteiger charge is -2.22. The second-order valence-electron chi connectivity index (χ2n) is 5.33. The molecule has 2 rings (SSSR count). The Morgan fingerprint density at radius 3 is 2.74 bits per heavy atom. The van der Waals surface area contributed by atoms with Crippen molar-refractivity contribution in [2.45, 2.75) is 33.4 Å². The molecular weight excluding hydrogens is 323 g/mol. The maximum absolute atomic E-state index is 13.0. The molecule has 124 valence electrons. The van der Waals surface area contributed by atoms with Gasteiger partial charge in [0.25, 0.3) is 5.91 Å². The van der Waals surface area contributed by atoms with Gasteiger partial charge in [-0.3, -0.25) is 4.79 Å². The molecular formula is C16H18ClFN2O3. The Morgan fingerprint density at radius 1 is 1.48 bits per heavy atom. The number of hydrogen-bond acceptors (Lipinski definition) is 4. The monoisotopic (exact) mass is 340 g/mol. The summed E-state index contributed by atoms with van der Waals surface area (Å²) in [6, 6.07) is 3.77. The molecule has 0 unspecified atom stereocenters. The fraction of sp³-hybridized carbons (Fsp3) is 0.375. The molecule has 0 saturated heterocycles. The van der Waals surface area contributed by atoms with Crippen LogP contribution in [-0.4, -0.2) is 29.1 Å². The summed E-state index contributed by atoms with van der Waals surface area (Å²) in [6.45, 7) is 5.60. The molecule has 0 N–H and O–H groups in total. The zero-order valence-electron chi connectivity index (χ0n) is 13.4. The minimum absolute atomic E-state index is 0.123. The molecule has 1 heterocycles. The zero-order valence-corrected chi connectivity index (χ0v) is 14.1. The normalized spacial score (nSPS) is 12.1. The number of nitrogens with zero attached hydrogens (tertiary/aromatic N) is 2. The van der Waals surface area contributed by atoms with Crippen molar-refractivity contribution in [2.75, 3.05) is 7.05 Å². The van der Waals surface area contributed by atoms with E-state index in [2.05, 4.69) is 5.16 Å². The molecule has 0 fully saturated rings. The first kappa shape index (κ1) is 17.3. The van der Waals surface area contributed by atoms with Gasteiger partial charge in [0.2, 0.25) is 0 Å². The van der Waals surface area contributed by atoms with Crippen LogP contribution in [0.2, 0.25) is 5.02 Å². The fourth-order valence-corrected chi connectivity index (χ4v) is 2.38. The van der Waals surface area contributed by atoms with E-state index in [4.69, 9.17) is 20.9 Å². The molecule has 2 aromatic rings. The van der Waals surface area contributed by atoms with Gasteiger partial charge in [0, 0.05) is 12.6 Å². The molecule has 23 heavy (non-hydrogen) atoms. The molecule has 5 nitrogen and oxygen atoms in total. The number of aryl methyl sites for hydroxylation is 2. The topological polar surface area (TPSA) is 55.6 Å². The van der Waals surface area contributed by atoms with Crippen LogP contribution in [0.15, 0.2) is 22.7 Å². The molecule has 0 radical (unpaired) electrons. The average Bonchev–Trinajstić information content (AvgIpc) is 2.81. The van der Waals surface area contributed by atoms with E-state index in [1.54, 1.807) is 20.9 Å². The predicted molar refractivity (Wildman–Crippen MR) is 84.0 cm³/mol. The molecule has 1 aromatic heterocycles. The van der Waals surface area contributed by atoms with Crippen LogP contribution in [0.25, 0.3) is 0 Å². The Labute approximate surface area is 139 Å². The quantitative estimate of drug-likeness (QED) is 0.835. The second kappa shape index (κ2) is 7.00. The lowest BCUT2D eigenvalue weighted by molar-refractivity contribution is -0.137. The minimum Gasteiger partial charge on any atom is -0.479 e. The predicted octanol–water partition coefficient (Wildman–Crippen LogP) is 3.51. The Morgan fingerprint density at radius 2 is 2.17 bits per heavy atom. The highest BCUT2D eigenvalue weighted by Gasteiger charge is 2.22. The van der Waals surface area contributed by atoms with Crippen LogP contribution in [0.3, 0.4) is 0 Å². The lowest BCUT2D eigenvalue weighted by atomic mass is 10.2. The third kappa shape index (κ3) is 4.01. The maximum atomic E-state index is 13.0.